The molecule has 0 atom stereocenters. The van der Waals surface area contributed by atoms with Crippen molar-refractivity contribution < 1.29 is 18.3 Å². The number of nitrogens with one attached hydrogen (secondary N) is 1. The summed E-state index contributed by atoms with van der Waals surface area (Å²) in [6, 6.07) is 10.1. The highest BCUT2D eigenvalue weighted by atomic mass is 79.9. The lowest BCUT2D eigenvalue weighted by Crippen LogP contribution is -2.14. The number of sulfonamides is 1. The minimum absolute atomic E-state index is 0.0560. The molecule has 0 radical (unpaired) electrons. The molecule has 110 valence electrons. The summed E-state index contributed by atoms with van der Waals surface area (Å²) in [7, 11) is -4.00. The number of rotatable bonds is 4. The second-order valence-corrected chi connectivity index (χ2v) is 6.95. The number of halogens is 2. The van der Waals surface area contributed by atoms with Gasteiger partial charge in [-0.25, -0.2) is 13.2 Å². The quantitative estimate of drug-likeness (QED) is 0.835. The van der Waals surface area contributed by atoms with Crippen LogP contribution in [-0.2, 0) is 10.0 Å². The first-order valence-corrected chi connectivity index (χ1v) is 8.27. The maximum absolute atomic E-state index is 12.3. The van der Waals surface area contributed by atoms with Gasteiger partial charge in [-0.2, -0.15) is 0 Å². The van der Waals surface area contributed by atoms with Crippen LogP contribution in [0.3, 0.4) is 0 Å². The summed E-state index contributed by atoms with van der Waals surface area (Å²) in [5.41, 5.74) is 0.168. The van der Waals surface area contributed by atoms with Crippen molar-refractivity contribution in [2.45, 2.75) is 4.90 Å². The molecule has 0 heterocycles. The highest BCUT2D eigenvalue weighted by molar-refractivity contribution is 9.10. The molecule has 2 aromatic rings. The lowest BCUT2D eigenvalue weighted by Gasteiger charge is -2.11. The van der Waals surface area contributed by atoms with E-state index in [0.29, 0.717) is 10.2 Å². The van der Waals surface area contributed by atoms with E-state index in [-0.39, 0.29) is 15.5 Å². The fourth-order valence-electron chi connectivity index (χ4n) is 1.59. The molecule has 0 saturated carbocycles. The number of aromatic carboxylic acids is 1. The van der Waals surface area contributed by atoms with Crippen molar-refractivity contribution in [1.82, 2.24) is 0 Å². The van der Waals surface area contributed by atoms with Crippen molar-refractivity contribution in [3.63, 3.8) is 0 Å². The van der Waals surface area contributed by atoms with Gasteiger partial charge >= 0.3 is 5.97 Å². The highest BCUT2D eigenvalue weighted by Crippen LogP contribution is 2.28. The Hall–Kier alpha value is -1.57. The number of carbonyl (C=O) groups is 1. The predicted molar refractivity (Wildman–Crippen MR) is 83.4 cm³/mol. The van der Waals surface area contributed by atoms with E-state index in [1.807, 2.05) is 0 Å². The van der Waals surface area contributed by atoms with Gasteiger partial charge in [-0.05, 0) is 46.3 Å². The third-order valence-electron chi connectivity index (χ3n) is 2.59. The number of carboxylic acid groups (broad SMARTS) is 1. The molecule has 0 amide bonds. The van der Waals surface area contributed by atoms with Crippen molar-refractivity contribution >= 4 is 49.2 Å². The minimum Gasteiger partial charge on any atom is -0.478 e. The zero-order chi connectivity index (χ0) is 15.6. The van der Waals surface area contributed by atoms with E-state index in [1.54, 1.807) is 24.3 Å². The van der Waals surface area contributed by atoms with Gasteiger partial charge in [0.2, 0.25) is 0 Å². The Balaban J connectivity index is 2.47. The Morgan fingerprint density at radius 1 is 1.19 bits per heavy atom. The van der Waals surface area contributed by atoms with Crippen molar-refractivity contribution in [3.05, 3.63) is 57.5 Å². The molecule has 0 saturated heterocycles. The molecule has 2 rings (SSSR count). The van der Waals surface area contributed by atoms with Gasteiger partial charge in [0.15, 0.2) is 0 Å². The van der Waals surface area contributed by atoms with Gasteiger partial charge in [0.1, 0.15) is 4.90 Å². The van der Waals surface area contributed by atoms with Crippen LogP contribution in [-0.4, -0.2) is 19.5 Å². The molecule has 0 bridgehead atoms. The first-order chi connectivity index (χ1) is 9.81. The van der Waals surface area contributed by atoms with Crippen LogP contribution < -0.4 is 4.72 Å². The van der Waals surface area contributed by atoms with E-state index < -0.39 is 16.0 Å². The molecule has 0 spiro atoms. The maximum Gasteiger partial charge on any atom is 0.335 e. The molecule has 0 aliphatic carbocycles. The highest BCUT2D eigenvalue weighted by Gasteiger charge is 2.21. The molecule has 0 fully saturated rings. The molecule has 0 aliphatic heterocycles. The van der Waals surface area contributed by atoms with Gasteiger partial charge in [0.25, 0.3) is 10.0 Å². The van der Waals surface area contributed by atoms with Gasteiger partial charge in [0.05, 0.1) is 16.3 Å². The van der Waals surface area contributed by atoms with Crippen molar-refractivity contribution in [1.29, 1.82) is 0 Å². The third kappa shape index (κ3) is 3.55. The fourth-order valence-corrected chi connectivity index (χ4v) is 3.71. The van der Waals surface area contributed by atoms with E-state index in [4.69, 9.17) is 16.7 Å². The number of para-hydroxylation sites is 1. The molecule has 5 nitrogen and oxygen atoms in total. The average Bonchev–Trinajstić information content (AvgIpc) is 2.41. The maximum atomic E-state index is 12.3. The van der Waals surface area contributed by atoms with E-state index in [2.05, 4.69) is 20.7 Å². The smallest absolute Gasteiger partial charge is 0.335 e. The topological polar surface area (TPSA) is 83.5 Å². The van der Waals surface area contributed by atoms with Crippen molar-refractivity contribution in [3.8, 4) is 0 Å². The van der Waals surface area contributed by atoms with Crippen LogP contribution in [0.15, 0.2) is 51.8 Å². The van der Waals surface area contributed by atoms with Crippen LogP contribution in [0.25, 0.3) is 0 Å². The molecule has 8 heteroatoms. The Kier molecular flexibility index (Phi) is 4.55. The summed E-state index contributed by atoms with van der Waals surface area (Å²) in [5, 5.41) is 8.88. The van der Waals surface area contributed by atoms with Gasteiger partial charge in [-0.3, -0.25) is 4.72 Å². The molecule has 0 unspecified atom stereocenters. The summed E-state index contributed by atoms with van der Waals surface area (Å²) < 4.78 is 27.6. The summed E-state index contributed by atoms with van der Waals surface area (Å²) in [4.78, 5) is 10.6. The minimum atomic E-state index is -4.00. The number of hydrogen-bond donors (Lipinski definition) is 2. The second kappa shape index (κ2) is 6.05. The van der Waals surface area contributed by atoms with E-state index in [1.165, 1.54) is 12.1 Å². The monoisotopic (exact) mass is 389 g/mol. The van der Waals surface area contributed by atoms with Crippen LogP contribution >= 0.6 is 27.5 Å². The van der Waals surface area contributed by atoms with Gasteiger partial charge in [0, 0.05) is 4.47 Å². The lowest BCUT2D eigenvalue weighted by atomic mass is 10.2. The largest absolute Gasteiger partial charge is 0.478 e. The molecular weight excluding hydrogens is 382 g/mol. The van der Waals surface area contributed by atoms with Gasteiger partial charge in [-0.15, -0.1) is 0 Å². The van der Waals surface area contributed by atoms with Crippen molar-refractivity contribution in [2.75, 3.05) is 4.72 Å². The Morgan fingerprint density at radius 2 is 1.86 bits per heavy atom. The number of hydrogen-bond acceptors (Lipinski definition) is 3. The Bertz CT molecular complexity index is 808. The van der Waals surface area contributed by atoms with E-state index in [0.717, 1.165) is 6.07 Å². The fraction of sp³-hybridized carbons (Fsp3) is 0. The van der Waals surface area contributed by atoms with Crippen LogP contribution in [0.4, 0.5) is 5.69 Å². The summed E-state index contributed by atoms with van der Waals surface area (Å²) in [5.74, 6) is -1.23. The normalized spacial score (nSPS) is 11.1. The van der Waals surface area contributed by atoms with Crippen LogP contribution in [0.2, 0.25) is 5.02 Å². The Morgan fingerprint density at radius 3 is 2.48 bits per heavy atom. The van der Waals surface area contributed by atoms with E-state index >= 15 is 0 Å². The molecule has 2 N–H and O–H groups in total. The predicted octanol–water partition coefficient (Wildman–Crippen LogP) is 3.60. The van der Waals surface area contributed by atoms with Gasteiger partial charge < -0.3 is 5.11 Å². The van der Waals surface area contributed by atoms with Crippen LogP contribution in [0.5, 0.6) is 0 Å². The van der Waals surface area contributed by atoms with Gasteiger partial charge in [-0.1, -0.05) is 23.7 Å². The summed E-state index contributed by atoms with van der Waals surface area (Å²) in [6.45, 7) is 0. The second-order valence-electron chi connectivity index (χ2n) is 4.04. The molecular formula is C13H9BrClNO4S. The SMILES string of the molecule is O=C(O)c1ccc(Cl)c(S(=O)(=O)Nc2ccccc2Br)c1. The number of benzene rings is 2. The average molecular weight is 391 g/mol. The van der Waals surface area contributed by atoms with Crippen LogP contribution in [0.1, 0.15) is 10.4 Å². The van der Waals surface area contributed by atoms with E-state index in [9.17, 15) is 13.2 Å². The summed E-state index contributed by atoms with van der Waals surface area (Å²) >= 11 is 9.09. The zero-order valence-electron chi connectivity index (χ0n) is 10.4. The Labute approximate surface area is 134 Å². The van der Waals surface area contributed by atoms with Crippen LogP contribution in [0, 0.1) is 0 Å². The first kappa shape index (κ1) is 15.8. The number of carboxylic acids is 1. The lowest BCUT2D eigenvalue weighted by molar-refractivity contribution is 0.0696. The van der Waals surface area contributed by atoms with Crippen molar-refractivity contribution in [2.24, 2.45) is 0 Å². The molecule has 2 aromatic carbocycles. The molecule has 0 aromatic heterocycles. The number of anilines is 1. The first-order valence-electron chi connectivity index (χ1n) is 5.61. The zero-order valence-corrected chi connectivity index (χ0v) is 13.5. The standard InChI is InChI=1S/C13H9BrClNO4S/c14-9-3-1-2-4-11(9)16-21(19,20)12-7-8(13(17)18)5-6-10(12)15/h1-7,16H,(H,17,18). The molecule has 0 aliphatic rings. The summed E-state index contributed by atoms with van der Waals surface area (Å²) in [6.07, 6.45) is 0. The molecule has 21 heavy (non-hydrogen) atoms. The third-order valence-corrected chi connectivity index (χ3v) is 5.12.